The number of hydrogen-bond acceptors (Lipinski definition) is 38. The van der Waals surface area contributed by atoms with Crippen molar-refractivity contribution in [2.45, 2.75) is 329 Å². The molecule has 0 aromatic heterocycles. The van der Waals surface area contributed by atoms with E-state index in [0.29, 0.717) is 77.2 Å². The molecule has 0 radical (unpaired) electrons. The van der Waals surface area contributed by atoms with Crippen LogP contribution < -0.4 is 79.2 Å². The molecule has 4 heterocycles. The Morgan fingerprint density at radius 2 is 0.600 bits per heavy atom. The van der Waals surface area contributed by atoms with E-state index in [2.05, 4.69) is 79.0 Å². The lowest BCUT2D eigenvalue weighted by molar-refractivity contribution is -0.270. The van der Waals surface area contributed by atoms with Gasteiger partial charge in [0.05, 0.1) is 39.6 Å². The number of rotatable bonds is 72. The van der Waals surface area contributed by atoms with Crippen molar-refractivity contribution in [1.29, 1.82) is 0 Å². The molecular formula is C91H155N14O39P. The van der Waals surface area contributed by atoms with Gasteiger partial charge in [0.25, 0.3) is 11.8 Å². The highest BCUT2D eigenvalue weighted by molar-refractivity contribution is 7.47. The number of ether oxygens (including phenoxy) is 9. The molecule has 0 saturated carbocycles. The minimum Gasteiger partial charge on any atom is -0.492 e. The molecule has 54 heteroatoms. The van der Waals surface area contributed by atoms with Crippen molar-refractivity contribution in [3.05, 3.63) is 29.3 Å². The Labute approximate surface area is 841 Å². The van der Waals surface area contributed by atoms with Gasteiger partial charge >= 0.3 is 7.82 Å². The number of carbonyl (C=O) groups excluding carboxylic acids is 14. The highest BCUT2D eigenvalue weighted by Crippen LogP contribution is 2.42. The minimum absolute atomic E-state index is 0.0118. The zero-order chi connectivity index (χ0) is 107. The van der Waals surface area contributed by atoms with Crippen LogP contribution in [-0.2, 0) is 109 Å². The number of carbonyl (C=O) groups is 14. The maximum atomic E-state index is 14.2. The minimum atomic E-state index is -4.06. The SMILES string of the molecule is COP(=O)(O)OCCCCCCNC(=O)CCCCC(=O)NCCOc1cc(C(=O)NCCNC(=O)C(CCCCNC(=O)CCCCOC2OC(CO)C(O)C(O)C2NC(C)=O)NC(=O)CCCCOC2OC(CO)C(O)C(O)C2NC(C)=O)cc(C(=O)NCCNC(=O)[C@H](CCCCNC(=O)CCCCOC2OC(CO)C(O)C(O)C2NC(C)=O)NC(=O)CCCCOC2OC(CO)C(O)C(O)C2NC(C)=O)c1. The Morgan fingerprint density at radius 3 is 0.903 bits per heavy atom. The normalized spacial score (nSPS) is 24.8. The number of unbranched alkanes of at least 4 members (excludes halogenated alkanes) is 10. The molecule has 27 N–H and O–H groups in total. The van der Waals surface area contributed by atoms with Gasteiger partial charge in [-0.1, -0.05) is 12.8 Å². The van der Waals surface area contributed by atoms with Gasteiger partial charge in [-0.15, -0.1) is 0 Å². The van der Waals surface area contributed by atoms with Gasteiger partial charge in [-0.05, 0) is 134 Å². The molecule has 53 nitrogen and oxygen atoms in total. The first-order valence-electron chi connectivity index (χ1n) is 49.4. The first-order valence-corrected chi connectivity index (χ1v) is 50.9. The Balaban J connectivity index is 1.24. The fourth-order valence-corrected chi connectivity index (χ4v) is 16.2. The average molecular weight is 2100 g/mol. The summed E-state index contributed by atoms with van der Waals surface area (Å²) in [7, 11) is -2.99. The number of aliphatic hydroxyl groups excluding tert-OH is 12. The molecule has 4 fully saturated rings. The van der Waals surface area contributed by atoms with Crippen LogP contribution in [0.25, 0.3) is 0 Å². The fraction of sp³-hybridized carbons (Fsp3) is 0.780. The number of amides is 14. The van der Waals surface area contributed by atoms with Crippen LogP contribution in [0.3, 0.4) is 0 Å². The maximum absolute atomic E-state index is 14.2. The molecule has 4 aliphatic heterocycles. The molecule has 1 aromatic rings. The molecule has 0 bridgehead atoms. The lowest BCUT2D eigenvalue weighted by Gasteiger charge is -2.42. The smallest absolute Gasteiger partial charge is 0.471 e. The van der Waals surface area contributed by atoms with Crippen molar-refractivity contribution in [1.82, 2.24) is 74.4 Å². The van der Waals surface area contributed by atoms with Crippen molar-refractivity contribution >= 4 is 90.5 Å². The monoisotopic (exact) mass is 2100 g/mol. The zero-order valence-electron chi connectivity index (χ0n) is 82.9. The molecule has 0 spiro atoms. The summed E-state index contributed by atoms with van der Waals surface area (Å²) >= 11 is 0. The van der Waals surface area contributed by atoms with Crippen LogP contribution in [0.4, 0.5) is 0 Å². The van der Waals surface area contributed by atoms with Gasteiger partial charge in [0.1, 0.15) is 122 Å². The lowest BCUT2D eigenvalue weighted by Crippen LogP contribution is -2.64. The summed E-state index contributed by atoms with van der Waals surface area (Å²) in [5.74, 6) is -7.44. The van der Waals surface area contributed by atoms with Crippen molar-refractivity contribution in [3.8, 4) is 5.75 Å². The second-order valence-electron chi connectivity index (χ2n) is 35.5. The molecule has 4 saturated heterocycles. The molecule has 828 valence electrons. The van der Waals surface area contributed by atoms with E-state index in [1.54, 1.807) is 0 Å². The van der Waals surface area contributed by atoms with Crippen LogP contribution in [0.1, 0.15) is 215 Å². The molecule has 4 aliphatic rings. The van der Waals surface area contributed by atoms with Gasteiger partial charge < -0.3 is 183 Å². The number of nitrogens with one attached hydrogen (secondary N) is 14. The first-order chi connectivity index (χ1) is 69.2. The van der Waals surface area contributed by atoms with Crippen LogP contribution >= 0.6 is 7.82 Å². The molecule has 1 aromatic carbocycles. The van der Waals surface area contributed by atoms with Crippen LogP contribution in [0.15, 0.2) is 18.2 Å². The van der Waals surface area contributed by atoms with Crippen molar-refractivity contribution < 1.29 is 190 Å². The van der Waals surface area contributed by atoms with Gasteiger partial charge in [0.15, 0.2) is 25.2 Å². The second-order valence-corrected chi connectivity index (χ2v) is 37.0. The summed E-state index contributed by atoms with van der Waals surface area (Å²) < 4.78 is 72.1. The Hall–Kier alpha value is -9.09. The molecular weight excluding hydrogens is 1940 g/mol. The number of hydrogen-bond donors (Lipinski definition) is 27. The second kappa shape index (κ2) is 70.0. The van der Waals surface area contributed by atoms with Crippen LogP contribution in [0, 0.1) is 0 Å². The number of phosphoric acid groups is 1. The van der Waals surface area contributed by atoms with Crippen LogP contribution in [0.2, 0.25) is 0 Å². The van der Waals surface area contributed by atoms with E-state index in [1.165, 1.54) is 45.9 Å². The predicted molar refractivity (Wildman–Crippen MR) is 507 cm³/mol. The fourth-order valence-electron chi connectivity index (χ4n) is 15.7. The highest BCUT2D eigenvalue weighted by Gasteiger charge is 2.50. The largest absolute Gasteiger partial charge is 0.492 e. The summed E-state index contributed by atoms with van der Waals surface area (Å²) in [6, 6.07) is -3.21. The summed E-state index contributed by atoms with van der Waals surface area (Å²) in [6.45, 7) is 1.59. The van der Waals surface area contributed by atoms with E-state index in [0.717, 1.165) is 13.5 Å². The maximum Gasteiger partial charge on any atom is 0.471 e. The predicted octanol–water partition coefficient (Wildman–Crippen LogP) is -7.06. The number of phosphoric ester groups is 1. The van der Waals surface area contributed by atoms with Gasteiger partial charge in [-0.25, -0.2) is 4.57 Å². The Bertz CT molecular complexity index is 3950. The Morgan fingerprint density at radius 1 is 0.324 bits per heavy atom. The summed E-state index contributed by atoms with van der Waals surface area (Å²) in [6.07, 6.45) is -15.4. The topological polar surface area (TPSA) is 789 Å². The third kappa shape index (κ3) is 48.4. The van der Waals surface area contributed by atoms with E-state index < -0.39 is 228 Å². The number of benzene rings is 1. The van der Waals surface area contributed by atoms with E-state index in [4.69, 9.17) is 47.2 Å². The van der Waals surface area contributed by atoms with Crippen molar-refractivity contribution in [2.24, 2.45) is 0 Å². The lowest BCUT2D eigenvalue weighted by atomic mass is 9.97. The molecule has 145 heavy (non-hydrogen) atoms. The number of aliphatic hydroxyl groups is 12. The van der Waals surface area contributed by atoms with Gasteiger partial charge in [-0.2, -0.15) is 0 Å². The summed E-state index contributed by atoms with van der Waals surface area (Å²) in [5.41, 5.74) is -0.253. The molecule has 0 aliphatic carbocycles. The van der Waals surface area contributed by atoms with E-state index in [1.807, 2.05) is 0 Å². The molecule has 5 rings (SSSR count). The highest BCUT2D eigenvalue weighted by atomic mass is 31.2. The average Bonchev–Trinajstić information content (AvgIpc) is 0.817. The molecule has 22 unspecified atom stereocenters. The Kier molecular flexibility index (Phi) is 61.0. The quantitative estimate of drug-likeness (QED) is 0.0213. The zero-order valence-corrected chi connectivity index (χ0v) is 83.8. The molecule has 23 atom stereocenters. The van der Waals surface area contributed by atoms with E-state index >= 15 is 0 Å². The van der Waals surface area contributed by atoms with Crippen molar-refractivity contribution in [3.63, 3.8) is 0 Å². The van der Waals surface area contributed by atoms with Crippen molar-refractivity contribution in [2.75, 3.05) is 126 Å². The van der Waals surface area contributed by atoms with E-state index in [9.17, 15) is 138 Å². The van der Waals surface area contributed by atoms with Crippen LogP contribution in [-0.4, -0.2) is 409 Å². The van der Waals surface area contributed by atoms with Crippen LogP contribution in [0.5, 0.6) is 5.75 Å². The standard InChI is InChI=1S/C91H155N14O39P/c1-53(110)100-72-80(124)76(120)62(49-106)141-88(72)136-40-20-12-28-67(115)93-33-17-10-24-60(104-70(118)30-14-22-42-138-90-74(102-55(3)112)82(126)78(122)64(51-108)143-90)86(130)98-37-35-96-84(128)57-46-58(48-59(47-57)135-45-39-95-69(117)27-9-8-26-66(114)92-32-16-6-7-19-44-140-145(132,133)134-5)85(129)97-36-38-99-87(131)61(105-71(119)31-15-23-43-139-91-75(103-56(4)113)83(127)79(123)65(52-109)144-91)25-11-18-34-94-68(116)29-13-21-41-137-89-73(101-54(2)111)81(125)77(121)63(50-107)142-89/h46-48,60-65,72-83,88-91,106-109,120-127H,6-45,49-52H2,1-5H3,(H,92,114)(H,93,115)(H,94,116)(H,95,117)(H,96,128)(H,97,129)(H,98,130)(H,99,131)(H,100,110)(H,101,111)(H,102,112)(H,103,113)(H,104,118)(H,105,119)(H,132,133)/t60-,61?,62?,63?,64?,65?,72?,73?,74?,75?,76?,77?,78?,79?,80?,81?,82?,83?,88?,89?,90?,91?/m0/s1. The molecule has 14 amide bonds. The van der Waals surface area contributed by atoms with Gasteiger partial charge in [0.2, 0.25) is 70.9 Å². The van der Waals surface area contributed by atoms with E-state index in [-0.39, 0.29) is 216 Å². The summed E-state index contributed by atoms with van der Waals surface area (Å²) in [4.78, 5) is 192. The third-order valence-electron chi connectivity index (χ3n) is 23.6. The van der Waals surface area contributed by atoms with Gasteiger partial charge in [0, 0.05) is 157 Å². The third-order valence-corrected chi connectivity index (χ3v) is 24.6. The summed E-state index contributed by atoms with van der Waals surface area (Å²) in [5, 5.41) is 160. The first kappa shape index (κ1) is 126. The van der Waals surface area contributed by atoms with Gasteiger partial charge in [-0.3, -0.25) is 76.2 Å².